The molecule has 0 aliphatic heterocycles. The van der Waals surface area contributed by atoms with Gasteiger partial charge in [-0.15, -0.1) is 0 Å². The second kappa shape index (κ2) is 22.5. The van der Waals surface area contributed by atoms with Crippen molar-refractivity contribution < 1.29 is 14.3 Å². The van der Waals surface area contributed by atoms with Gasteiger partial charge in [0.15, 0.2) is 0 Å². The Bertz CT molecular complexity index is 82.2. The van der Waals surface area contributed by atoms with E-state index < -0.39 is 0 Å². The summed E-state index contributed by atoms with van der Waals surface area (Å²) in [5.74, 6) is -0.255. The molecule has 3 nitrogen and oxygen atoms in total. The predicted molar refractivity (Wildman–Crippen MR) is 60.1 cm³/mol. The molecular weight excluding hydrogens is 168 g/mol. The van der Waals surface area contributed by atoms with Crippen molar-refractivity contribution in [3.8, 4) is 0 Å². The molecule has 0 amide bonds. The van der Waals surface area contributed by atoms with E-state index in [0.717, 1.165) is 0 Å². The predicted octanol–water partition coefficient (Wildman–Crippen LogP) is 3.13. The molecule has 0 aromatic rings. The second-order valence-electron chi connectivity index (χ2n) is 1.54. The smallest absolute Gasteiger partial charge is 0.302 e. The first-order valence-corrected chi connectivity index (χ1v) is 2.98. The fourth-order valence-electron chi connectivity index (χ4n) is 0.389. The summed E-state index contributed by atoms with van der Waals surface area (Å²) in [5, 5.41) is 0. The van der Waals surface area contributed by atoms with Gasteiger partial charge in [0.25, 0.3) is 0 Å². The minimum Gasteiger partial charge on any atom is -0.463 e. The van der Waals surface area contributed by atoms with Gasteiger partial charge in [0.05, 0.1) is 6.61 Å². The number of rotatable bonds is 4. The number of hydrogen-bond donors (Lipinski definition) is 0. The van der Waals surface area contributed by atoms with Crippen molar-refractivity contribution in [3.05, 3.63) is 0 Å². The largest absolute Gasteiger partial charge is 0.463 e. The second-order valence-corrected chi connectivity index (χ2v) is 1.54. The van der Waals surface area contributed by atoms with Gasteiger partial charge in [-0.1, -0.05) is 29.7 Å². The molecule has 0 radical (unpaired) electrons. The minimum absolute atomic E-state index is 0. The number of ether oxygens (including phenoxy) is 2. The Labute approximate surface area is 84.4 Å². The third-order valence-electron chi connectivity index (χ3n) is 0.737. The normalized spacial score (nSPS) is 6.31. The monoisotopic (exact) mass is 196 g/mol. The van der Waals surface area contributed by atoms with Crippen LogP contribution in [0.3, 0.4) is 0 Å². The Hall–Kier alpha value is -0.570. The van der Waals surface area contributed by atoms with Crippen LogP contribution in [0, 0.1) is 0 Å². The van der Waals surface area contributed by atoms with Crippen LogP contribution in [0.25, 0.3) is 0 Å². The molecule has 0 N–H and O–H groups in total. The van der Waals surface area contributed by atoms with Crippen LogP contribution < -0.4 is 0 Å². The van der Waals surface area contributed by atoms with Crippen LogP contribution in [-0.2, 0) is 14.3 Å². The first-order chi connectivity index (χ1) is 4.27. The van der Waals surface area contributed by atoms with Gasteiger partial charge in [-0.05, 0) is 6.92 Å². The van der Waals surface area contributed by atoms with E-state index in [-0.39, 0.29) is 35.7 Å². The lowest BCUT2D eigenvalue weighted by atomic mass is 10.7. The van der Waals surface area contributed by atoms with Crippen molar-refractivity contribution >= 4 is 5.97 Å². The van der Waals surface area contributed by atoms with Crippen LogP contribution in [0.5, 0.6) is 0 Å². The Kier molecular flexibility index (Phi) is 51.0. The topological polar surface area (TPSA) is 35.5 Å². The van der Waals surface area contributed by atoms with Gasteiger partial charge in [0.1, 0.15) is 6.61 Å². The highest BCUT2D eigenvalue weighted by Crippen LogP contribution is 1.77. The lowest BCUT2D eigenvalue weighted by molar-refractivity contribution is -0.142. The van der Waals surface area contributed by atoms with E-state index in [1.807, 2.05) is 6.92 Å². The van der Waals surface area contributed by atoms with E-state index in [9.17, 15) is 4.79 Å². The average Bonchev–Trinajstić information content (AvgIpc) is 1.80. The molecule has 0 aliphatic rings. The Balaban J connectivity index is -0.0000000533. The lowest BCUT2D eigenvalue weighted by Crippen LogP contribution is -2.06. The summed E-state index contributed by atoms with van der Waals surface area (Å²) >= 11 is 0. The summed E-state index contributed by atoms with van der Waals surface area (Å²) in [4.78, 5) is 10.1. The maximum atomic E-state index is 10.1. The van der Waals surface area contributed by atoms with Crippen molar-refractivity contribution in [1.29, 1.82) is 0 Å². The fraction of sp³-hybridized carbons (Fsp3) is 0.900. The molecule has 0 bridgehead atoms. The molecular formula is C10H28O3. The molecule has 0 saturated heterocycles. The Morgan fingerprint density at radius 2 is 1.54 bits per heavy atom. The van der Waals surface area contributed by atoms with Gasteiger partial charge >= 0.3 is 5.97 Å². The standard InChI is InChI=1S/C6H12O3.4CH4/c1-3-8-4-5-9-6(2)7;;;;/h3-5H2,1-2H3;4*1H4. The number of carbonyl (C=O) groups is 1. The first-order valence-electron chi connectivity index (χ1n) is 2.98. The molecule has 0 rings (SSSR count). The lowest BCUT2D eigenvalue weighted by Gasteiger charge is -1.99. The zero-order chi connectivity index (χ0) is 7.11. The number of esters is 1. The van der Waals surface area contributed by atoms with Crippen LogP contribution >= 0.6 is 0 Å². The maximum Gasteiger partial charge on any atom is 0.302 e. The van der Waals surface area contributed by atoms with Crippen LogP contribution in [0.15, 0.2) is 0 Å². The van der Waals surface area contributed by atoms with Gasteiger partial charge in [0.2, 0.25) is 0 Å². The first kappa shape index (κ1) is 29.4. The molecule has 3 heteroatoms. The number of hydrogen-bond acceptors (Lipinski definition) is 3. The Morgan fingerprint density at radius 3 is 1.85 bits per heavy atom. The highest BCUT2D eigenvalue weighted by Gasteiger charge is 1.89. The third-order valence-corrected chi connectivity index (χ3v) is 0.737. The summed E-state index contributed by atoms with van der Waals surface area (Å²) in [5.41, 5.74) is 0. The summed E-state index contributed by atoms with van der Waals surface area (Å²) < 4.78 is 9.49. The summed E-state index contributed by atoms with van der Waals surface area (Å²) in [6.07, 6.45) is 0. The molecule has 0 spiro atoms. The SMILES string of the molecule is C.C.C.C.CCOCCOC(C)=O. The zero-order valence-electron chi connectivity index (χ0n) is 5.85. The molecule has 13 heavy (non-hydrogen) atoms. The van der Waals surface area contributed by atoms with Crippen LogP contribution in [0.2, 0.25) is 0 Å². The third kappa shape index (κ3) is 34.5. The van der Waals surface area contributed by atoms with Gasteiger partial charge in [-0.3, -0.25) is 4.79 Å². The van der Waals surface area contributed by atoms with Gasteiger partial charge in [-0.2, -0.15) is 0 Å². The zero-order valence-corrected chi connectivity index (χ0v) is 5.85. The molecule has 0 aliphatic carbocycles. The molecule has 0 aromatic carbocycles. The summed E-state index contributed by atoms with van der Waals surface area (Å²) in [7, 11) is 0. The van der Waals surface area contributed by atoms with Crippen LogP contribution in [0.4, 0.5) is 0 Å². The van der Waals surface area contributed by atoms with Gasteiger partial charge in [-0.25, -0.2) is 0 Å². The highest BCUT2D eigenvalue weighted by molar-refractivity contribution is 5.65. The van der Waals surface area contributed by atoms with Gasteiger partial charge in [0, 0.05) is 13.5 Å². The van der Waals surface area contributed by atoms with E-state index in [4.69, 9.17) is 4.74 Å². The molecule has 0 fully saturated rings. The molecule has 0 atom stereocenters. The van der Waals surface area contributed by atoms with Crippen molar-refractivity contribution in [2.24, 2.45) is 0 Å². The van der Waals surface area contributed by atoms with E-state index in [0.29, 0.717) is 19.8 Å². The molecule has 0 aromatic heterocycles. The molecule has 86 valence electrons. The summed E-state index contributed by atoms with van der Waals surface area (Å²) in [6, 6.07) is 0. The van der Waals surface area contributed by atoms with Crippen molar-refractivity contribution in [3.63, 3.8) is 0 Å². The van der Waals surface area contributed by atoms with Crippen LogP contribution in [-0.4, -0.2) is 25.8 Å². The highest BCUT2D eigenvalue weighted by atomic mass is 16.6. The molecule has 0 unspecified atom stereocenters. The van der Waals surface area contributed by atoms with Crippen molar-refractivity contribution in [2.45, 2.75) is 43.6 Å². The summed E-state index contributed by atoms with van der Waals surface area (Å²) in [6.45, 7) is 4.81. The van der Waals surface area contributed by atoms with E-state index >= 15 is 0 Å². The maximum absolute atomic E-state index is 10.1. The van der Waals surface area contributed by atoms with E-state index in [2.05, 4.69) is 4.74 Å². The van der Waals surface area contributed by atoms with Crippen molar-refractivity contribution in [2.75, 3.05) is 19.8 Å². The van der Waals surface area contributed by atoms with E-state index in [1.54, 1.807) is 0 Å². The van der Waals surface area contributed by atoms with E-state index in [1.165, 1.54) is 6.92 Å². The average molecular weight is 196 g/mol. The Morgan fingerprint density at radius 1 is 1.08 bits per heavy atom. The van der Waals surface area contributed by atoms with Crippen molar-refractivity contribution in [1.82, 2.24) is 0 Å². The van der Waals surface area contributed by atoms with Crippen LogP contribution in [0.1, 0.15) is 43.6 Å². The molecule has 0 heterocycles. The van der Waals surface area contributed by atoms with Gasteiger partial charge < -0.3 is 9.47 Å². The minimum atomic E-state index is -0.255. The fourth-order valence-corrected chi connectivity index (χ4v) is 0.389. The quantitative estimate of drug-likeness (QED) is 0.512. The number of carbonyl (C=O) groups excluding carboxylic acids is 1. The molecule has 0 saturated carbocycles.